The first-order valence-corrected chi connectivity index (χ1v) is 7.74. The molecule has 2 fully saturated rings. The predicted octanol–water partition coefficient (Wildman–Crippen LogP) is 2.06. The first-order chi connectivity index (χ1) is 9.10. The predicted molar refractivity (Wildman–Crippen MR) is 75.8 cm³/mol. The van der Waals surface area contributed by atoms with Gasteiger partial charge in [0.05, 0.1) is 7.11 Å². The molecular formula is C15H28N2O2. The molecule has 2 N–H and O–H groups in total. The van der Waals surface area contributed by atoms with E-state index in [1.54, 1.807) is 0 Å². The molecule has 0 aromatic heterocycles. The summed E-state index contributed by atoms with van der Waals surface area (Å²) >= 11 is 0. The van der Waals surface area contributed by atoms with Crippen molar-refractivity contribution >= 4 is 5.97 Å². The van der Waals surface area contributed by atoms with Crippen LogP contribution < -0.4 is 5.73 Å². The Bertz CT molecular complexity index is 319. The number of nitrogens with zero attached hydrogens (tertiary/aromatic N) is 1. The molecule has 4 heteroatoms. The number of hydrogen-bond donors (Lipinski definition) is 1. The van der Waals surface area contributed by atoms with Crippen molar-refractivity contribution in [2.75, 3.05) is 13.7 Å². The lowest BCUT2D eigenvalue weighted by Gasteiger charge is -2.40. The van der Waals surface area contributed by atoms with Crippen LogP contribution in [0, 0.1) is 0 Å². The fourth-order valence-corrected chi connectivity index (χ4v) is 3.87. The van der Waals surface area contributed by atoms with Crippen LogP contribution in [0.15, 0.2) is 0 Å². The molecule has 0 aromatic carbocycles. The minimum absolute atomic E-state index is 0.237. The molecule has 19 heavy (non-hydrogen) atoms. The minimum atomic E-state index is -0.742. The molecular weight excluding hydrogens is 240 g/mol. The summed E-state index contributed by atoms with van der Waals surface area (Å²) in [6.45, 7) is 3.43. The highest BCUT2D eigenvalue weighted by atomic mass is 16.5. The summed E-state index contributed by atoms with van der Waals surface area (Å²) in [4.78, 5) is 14.4. The molecule has 4 nitrogen and oxygen atoms in total. The second-order valence-electron chi connectivity index (χ2n) is 6.22. The van der Waals surface area contributed by atoms with Crippen LogP contribution in [0.25, 0.3) is 0 Å². The van der Waals surface area contributed by atoms with Gasteiger partial charge in [0.25, 0.3) is 0 Å². The van der Waals surface area contributed by atoms with Crippen molar-refractivity contribution in [1.82, 2.24) is 4.90 Å². The van der Waals surface area contributed by atoms with E-state index < -0.39 is 5.54 Å². The monoisotopic (exact) mass is 268 g/mol. The summed E-state index contributed by atoms with van der Waals surface area (Å²) in [7, 11) is 1.44. The van der Waals surface area contributed by atoms with Gasteiger partial charge < -0.3 is 10.5 Å². The summed E-state index contributed by atoms with van der Waals surface area (Å²) in [6.07, 6.45) is 9.00. The van der Waals surface area contributed by atoms with Gasteiger partial charge in [-0.15, -0.1) is 0 Å². The maximum atomic E-state index is 11.8. The molecule has 1 heterocycles. The number of methoxy groups -OCH3 is 1. The smallest absolute Gasteiger partial charge is 0.325 e. The van der Waals surface area contributed by atoms with Crippen molar-refractivity contribution in [2.45, 2.75) is 75.9 Å². The first kappa shape index (κ1) is 14.8. The van der Waals surface area contributed by atoms with Crippen LogP contribution in [0.4, 0.5) is 0 Å². The number of hydrogen-bond acceptors (Lipinski definition) is 4. The van der Waals surface area contributed by atoms with Gasteiger partial charge in [0.15, 0.2) is 0 Å². The summed E-state index contributed by atoms with van der Waals surface area (Å²) in [6, 6.07) is 1.17. The Morgan fingerprint density at radius 2 is 2.21 bits per heavy atom. The molecule has 2 aliphatic rings. The first-order valence-electron chi connectivity index (χ1n) is 7.74. The zero-order valence-corrected chi connectivity index (χ0v) is 12.4. The number of carbonyl (C=O) groups is 1. The summed E-state index contributed by atoms with van der Waals surface area (Å²) in [5.41, 5.74) is 5.49. The third-order valence-corrected chi connectivity index (χ3v) is 4.88. The average Bonchev–Trinajstić information content (AvgIpc) is 2.83. The van der Waals surface area contributed by atoms with Gasteiger partial charge >= 0.3 is 5.97 Å². The standard InChI is InChI=1S/C15H28N2O2/c1-3-6-12-7-4-5-10-17(12)13-8-9-15(16,11-13)14(18)19-2/h12-13H,3-11,16H2,1-2H3. The van der Waals surface area contributed by atoms with Crippen LogP contribution in [0.2, 0.25) is 0 Å². The van der Waals surface area contributed by atoms with Gasteiger partial charge in [-0.2, -0.15) is 0 Å². The van der Waals surface area contributed by atoms with Gasteiger partial charge in [-0.3, -0.25) is 9.69 Å². The van der Waals surface area contributed by atoms with Gasteiger partial charge in [0, 0.05) is 12.1 Å². The Morgan fingerprint density at radius 1 is 1.42 bits per heavy atom. The Morgan fingerprint density at radius 3 is 2.89 bits per heavy atom. The van der Waals surface area contributed by atoms with E-state index in [0.717, 1.165) is 19.3 Å². The molecule has 0 radical (unpaired) electrons. The number of ether oxygens (including phenoxy) is 1. The lowest BCUT2D eigenvalue weighted by Crippen LogP contribution is -2.50. The molecule has 3 unspecified atom stereocenters. The SMILES string of the molecule is CCCC1CCCCN1C1CCC(N)(C(=O)OC)C1. The molecule has 1 saturated carbocycles. The van der Waals surface area contributed by atoms with Gasteiger partial charge in [0.1, 0.15) is 5.54 Å². The lowest BCUT2D eigenvalue weighted by atomic mass is 9.94. The topological polar surface area (TPSA) is 55.6 Å². The van der Waals surface area contributed by atoms with Crippen LogP contribution in [-0.4, -0.2) is 42.1 Å². The largest absolute Gasteiger partial charge is 0.468 e. The second-order valence-corrected chi connectivity index (χ2v) is 6.22. The van der Waals surface area contributed by atoms with Crippen molar-refractivity contribution in [3.05, 3.63) is 0 Å². The molecule has 2 rings (SSSR count). The quantitative estimate of drug-likeness (QED) is 0.793. The zero-order valence-electron chi connectivity index (χ0n) is 12.4. The van der Waals surface area contributed by atoms with Crippen LogP contribution >= 0.6 is 0 Å². The molecule has 1 aliphatic carbocycles. The van der Waals surface area contributed by atoms with Gasteiger partial charge in [-0.1, -0.05) is 19.8 Å². The van der Waals surface area contributed by atoms with Gasteiger partial charge in [0.2, 0.25) is 0 Å². The number of likely N-dealkylation sites (tertiary alicyclic amines) is 1. The minimum Gasteiger partial charge on any atom is -0.468 e. The molecule has 1 saturated heterocycles. The van der Waals surface area contributed by atoms with Crippen molar-refractivity contribution in [1.29, 1.82) is 0 Å². The van der Waals surface area contributed by atoms with Crippen molar-refractivity contribution in [3.63, 3.8) is 0 Å². The fraction of sp³-hybridized carbons (Fsp3) is 0.933. The molecule has 0 spiro atoms. The third kappa shape index (κ3) is 3.11. The number of piperidine rings is 1. The number of esters is 1. The van der Waals surface area contributed by atoms with Gasteiger partial charge in [-0.25, -0.2) is 0 Å². The van der Waals surface area contributed by atoms with E-state index in [2.05, 4.69) is 11.8 Å². The van der Waals surface area contributed by atoms with Crippen molar-refractivity contribution in [2.24, 2.45) is 5.73 Å². The van der Waals surface area contributed by atoms with Crippen LogP contribution in [-0.2, 0) is 9.53 Å². The van der Waals surface area contributed by atoms with Crippen molar-refractivity contribution in [3.8, 4) is 0 Å². The average molecular weight is 268 g/mol. The zero-order chi connectivity index (χ0) is 13.9. The molecule has 3 atom stereocenters. The maximum Gasteiger partial charge on any atom is 0.325 e. The van der Waals surface area contributed by atoms with Crippen LogP contribution in [0.1, 0.15) is 58.3 Å². The Kier molecular flexibility index (Phi) is 4.85. The number of rotatable bonds is 4. The summed E-state index contributed by atoms with van der Waals surface area (Å²) < 4.78 is 4.86. The van der Waals surface area contributed by atoms with Gasteiger partial charge in [-0.05, 0) is 45.1 Å². The number of nitrogens with two attached hydrogens (primary N) is 1. The molecule has 0 aromatic rings. The van der Waals surface area contributed by atoms with E-state index in [4.69, 9.17) is 10.5 Å². The Labute approximate surface area is 116 Å². The highest BCUT2D eigenvalue weighted by molar-refractivity contribution is 5.81. The van der Waals surface area contributed by atoms with Crippen LogP contribution in [0.3, 0.4) is 0 Å². The molecule has 0 bridgehead atoms. The molecule has 1 aliphatic heterocycles. The van der Waals surface area contributed by atoms with Crippen molar-refractivity contribution < 1.29 is 9.53 Å². The highest BCUT2D eigenvalue weighted by Gasteiger charge is 2.45. The molecule has 0 amide bonds. The molecule has 110 valence electrons. The van der Waals surface area contributed by atoms with E-state index in [1.807, 2.05) is 0 Å². The fourth-order valence-electron chi connectivity index (χ4n) is 3.87. The van der Waals surface area contributed by atoms with Crippen LogP contribution in [0.5, 0.6) is 0 Å². The third-order valence-electron chi connectivity index (χ3n) is 4.88. The lowest BCUT2D eigenvalue weighted by molar-refractivity contribution is -0.147. The normalized spacial score (nSPS) is 36.4. The van der Waals surface area contributed by atoms with E-state index in [9.17, 15) is 4.79 Å². The van der Waals surface area contributed by atoms with E-state index in [0.29, 0.717) is 12.1 Å². The van der Waals surface area contributed by atoms with E-state index >= 15 is 0 Å². The number of carbonyl (C=O) groups excluding carboxylic acids is 1. The Balaban J connectivity index is 2.00. The van der Waals surface area contributed by atoms with E-state index in [1.165, 1.54) is 45.8 Å². The highest BCUT2D eigenvalue weighted by Crippen LogP contribution is 2.36. The Hall–Kier alpha value is -0.610. The summed E-state index contributed by atoms with van der Waals surface area (Å²) in [5, 5.41) is 0. The van der Waals surface area contributed by atoms with E-state index in [-0.39, 0.29) is 5.97 Å². The summed E-state index contributed by atoms with van der Waals surface area (Å²) in [5.74, 6) is -0.237. The maximum absolute atomic E-state index is 11.8. The second kappa shape index (κ2) is 6.23.